The molecule has 0 atom stereocenters. The maximum Gasteiger partial charge on any atom is 0.410 e. The zero-order chi connectivity index (χ0) is 18.1. The maximum absolute atomic E-state index is 13.9. The summed E-state index contributed by atoms with van der Waals surface area (Å²) < 4.78 is 32.7. The Labute approximate surface area is 147 Å². The van der Waals surface area contributed by atoms with Crippen molar-refractivity contribution in [1.82, 2.24) is 9.80 Å². The number of carbonyl (C=O) groups is 2. The fraction of sp³-hybridized carbons (Fsp3) is 0.500. The summed E-state index contributed by atoms with van der Waals surface area (Å²) in [5.74, 6) is -2.09. The van der Waals surface area contributed by atoms with Gasteiger partial charge in [0.15, 0.2) is 0 Å². The third-order valence-corrected chi connectivity index (χ3v) is 4.07. The van der Waals surface area contributed by atoms with E-state index in [0.717, 1.165) is 12.1 Å². The number of halogens is 3. The van der Waals surface area contributed by atoms with Crippen LogP contribution in [0.1, 0.15) is 31.1 Å². The van der Waals surface area contributed by atoms with Gasteiger partial charge in [0.05, 0.1) is 10.0 Å². The number of nitrogens with zero attached hydrogens (tertiary/aromatic N) is 2. The minimum Gasteiger partial charge on any atom is -0.444 e. The number of hydrogen-bond acceptors (Lipinski definition) is 3. The first-order valence-corrected chi connectivity index (χ1v) is 8.29. The summed E-state index contributed by atoms with van der Waals surface area (Å²) in [7, 11) is 0. The third-order valence-electron chi connectivity index (χ3n) is 3.46. The van der Waals surface area contributed by atoms with Gasteiger partial charge in [0.1, 0.15) is 17.2 Å². The molecule has 0 aromatic heterocycles. The first kappa shape index (κ1) is 18.6. The predicted octanol–water partition coefficient (Wildman–Crippen LogP) is 3.42. The van der Waals surface area contributed by atoms with Crippen LogP contribution < -0.4 is 0 Å². The summed E-state index contributed by atoms with van der Waals surface area (Å²) in [6.45, 7) is 6.34. The minimum absolute atomic E-state index is 0.0358. The molecule has 1 aromatic carbocycles. The SMILES string of the molecule is CC(C)(C)OC(=O)N1CCN(C(=O)c2cc(F)c(Br)cc2F)CC1. The molecule has 2 rings (SSSR count). The molecule has 8 heteroatoms. The zero-order valence-electron chi connectivity index (χ0n) is 13.7. The van der Waals surface area contributed by atoms with E-state index in [2.05, 4.69) is 15.9 Å². The fourth-order valence-electron chi connectivity index (χ4n) is 2.28. The van der Waals surface area contributed by atoms with Crippen molar-refractivity contribution in [3.63, 3.8) is 0 Å². The lowest BCUT2D eigenvalue weighted by Gasteiger charge is -2.35. The van der Waals surface area contributed by atoms with Crippen LogP contribution in [-0.2, 0) is 4.74 Å². The summed E-state index contributed by atoms with van der Waals surface area (Å²) in [6, 6.07) is 1.81. The molecular weight excluding hydrogens is 386 g/mol. The molecule has 0 saturated carbocycles. The number of piperazine rings is 1. The Hall–Kier alpha value is -1.70. The molecule has 0 spiro atoms. The van der Waals surface area contributed by atoms with Gasteiger partial charge in [0.25, 0.3) is 5.91 Å². The zero-order valence-corrected chi connectivity index (χ0v) is 15.3. The Morgan fingerprint density at radius 2 is 1.58 bits per heavy atom. The Kier molecular flexibility index (Phi) is 5.47. The highest BCUT2D eigenvalue weighted by molar-refractivity contribution is 9.10. The highest BCUT2D eigenvalue weighted by Crippen LogP contribution is 2.21. The average molecular weight is 405 g/mol. The standard InChI is InChI=1S/C16H19BrF2N2O3/c1-16(2,3)24-15(23)21-6-4-20(5-7-21)14(22)10-8-13(19)11(17)9-12(10)18/h8-9H,4-7H2,1-3H3. The van der Waals surface area contributed by atoms with Crippen molar-refractivity contribution in [2.75, 3.05) is 26.2 Å². The van der Waals surface area contributed by atoms with Crippen LogP contribution in [0.4, 0.5) is 13.6 Å². The Balaban J connectivity index is 2.01. The van der Waals surface area contributed by atoms with Gasteiger partial charge in [-0.15, -0.1) is 0 Å². The van der Waals surface area contributed by atoms with Gasteiger partial charge in [0, 0.05) is 26.2 Å². The summed E-state index contributed by atoms with van der Waals surface area (Å²) in [4.78, 5) is 27.2. The van der Waals surface area contributed by atoms with Crippen molar-refractivity contribution >= 4 is 27.9 Å². The number of carbonyl (C=O) groups excluding carboxylic acids is 2. The summed E-state index contributed by atoms with van der Waals surface area (Å²) in [6.07, 6.45) is -0.449. The van der Waals surface area contributed by atoms with Gasteiger partial charge >= 0.3 is 6.09 Å². The summed E-state index contributed by atoms with van der Waals surface area (Å²) >= 11 is 2.88. The normalized spacial score (nSPS) is 15.4. The van der Waals surface area contributed by atoms with Crippen LogP contribution in [0.5, 0.6) is 0 Å². The lowest BCUT2D eigenvalue weighted by atomic mass is 10.1. The van der Waals surface area contributed by atoms with Crippen LogP contribution in [0.3, 0.4) is 0 Å². The summed E-state index contributed by atoms with van der Waals surface area (Å²) in [5, 5.41) is 0. The topological polar surface area (TPSA) is 49.9 Å². The van der Waals surface area contributed by atoms with E-state index in [1.165, 1.54) is 9.80 Å². The van der Waals surface area contributed by atoms with Crippen LogP contribution in [-0.4, -0.2) is 53.6 Å². The van der Waals surface area contributed by atoms with E-state index >= 15 is 0 Å². The lowest BCUT2D eigenvalue weighted by Crippen LogP contribution is -2.51. The van der Waals surface area contributed by atoms with Gasteiger partial charge in [-0.25, -0.2) is 13.6 Å². The molecule has 1 aliphatic rings. The van der Waals surface area contributed by atoms with Crippen molar-refractivity contribution in [3.05, 3.63) is 33.8 Å². The molecule has 0 bridgehead atoms. The smallest absolute Gasteiger partial charge is 0.410 e. The fourth-order valence-corrected chi connectivity index (χ4v) is 2.59. The molecule has 0 unspecified atom stereocenters. The molecule has 1 aromatic rings. The second-order valence-corrected chi connectivity index (χ2v) is 7.36. The molecule has 0 aliphatic carbocycles. The largest absolute Gasteiger partial charge is 0.444 e. The lowest BCUT2D eigenvalue weighted by molar-refractivity contribution is 0.0140. The number of rotatable bonds is 1. The van der Waals surface area contributed by atoms with Gasteiger partial charge in [-0.05, 0) is 48.8 Å². The Morgan fingerprint density at radius 1 is 1.04 bits per heavy atom. The van der Waals surface area contributed by atoms with E-state index in [9.17, 15) is 18.4 Å². The predicted molar refractivity (Wildman–Crippen MR) is 87.8 cm³/mol. The molecule has 24 heavy (non-hydrogen) atoms. The third kappa shape index (κ3) is 4.43. The number of hydrogen-bond donors (Lipinski definition) is 0. The number of benzene rings is 1. The van der Waals surface area contributed by atoms with Crippen LogP contribution in [0.25, 0.3) is 0 Å². The van der Waals surface area contributed by atoms with Crippen molar-refractivity contribution in [2.24, 2.45) is 0 Å². The van der Waals surface area contributed by atoms with E-state index in [1.54, 1.807) is 20.8 Å². The van der Waals surface area contributed by atoms with E-state index in [0.29, 0.717) is 0 Å². The second-order valence-electron chi connectivity index (χ2n) is 6.51. The molecule has 1 saturated heterocycles. The van der Waals surface area contributed by atoms with E-state index < -0.39 is 29.2 Å². The minimum atomic E-state index is -0.789. The Bertz CT molecular complexity index is 653. The molecular formula is C16H19BrF2N2O3. The molecule has 5 nitrogen and oxygen atoms in total. The van der Waals surface area contributed by atoms with Crippen molar-refractivity contribution in [2.45, 2.75) is 26.4 Å². The quantitative estimate of drug-likeness (QED) is 0.673. The second kappa shape index (κ2) is 7.04. The van der Waals surface area contributed by atoms with Gasteiger partial charge < -0.3 is 14.5 Å². The number of amides is 2. The average Bonchev–Trinajstić information content (AvgIpc) is 2.49. The highest BCUT2D eigenvalue weighted by atomic mass is 79.9. The summed E-state index contributed by atoms with van der Waals surface area (Å²) in [5.41, 5.74) is -0.913. The maximum atomic E-state index is 13.9. The van der Waals surface area contributed by atoms with Crippen molar-refractivity contribution in [1.29, 1.82) is 0 Å². The molecule has 2 amide bonds. The van der Waals surface area contributed by atoms with Gasteiger partial charge in [-0.2, -0.15) is 0 Å². The van der Waals surface area contributed by atoms with Crippen LogP contribution in [0.15, 0.2) is 16.6 Å². The van der Waals surface area contributed by atoms with E-state index in [1.807, 2.05) is 0 Å². The van der Waals surface area contributed by atoms with Crippen LogP contribution in [0.2, 0.25) is 0 Å². The molecule has 0 N–H and O–H groups in total. The first-order chi connectivity index (χ1) is 11.1. The van der Waals surface area contributed by atoms with E-state index in [4.69, 9.17) is 4.74 Å². The molecule has 132 valence electrons. The van der Waals surface area contributed by atoms with Gasteiger partial charge in [-0.1, -0.05) is 0 Å². The molecule has 0 radical (unpaired) electrons. The highest BCUT2D eigenvalue weighted by Gasteiger charge is 2.29. The van der Waals surface area contributed by atoms with E-state index in [-0.39, 0.29) is 36.2 Å². The van der Waals surface area contributed by atoms with Gasteiger partial charge in [0.2, 0.25) is 0 Å². The van der Waals surface area contributed by atoms with Crippen molar-refractivity contribution < 1.29 is 23.1 Å². The first-order valence-electron chi connectivity index (χ1n) is 7.50. The monoisotopic (exact) mass is 404 g/mol. The molecule has 1 aliphatic heterocycles. The number of ether oxygens (including phenoxy) is 1. The van der Waals surface area contributed by atoms with Crippen molar-refractivity contribution in [3.8, 4) is 0 Å². The van der Waals surface area contributed by atoms with Crippen LogP contribution >= 0.6 is 15.9 Å². The molecule has 1 fully saturated rings. The van der Waals surface area contributed by atoms with Crippen LogP contribution in [0, 0.1) is 11.6 Å². The Morgan fingerprint density at radius 3 is 2.12 bits per heavy atom. The molecule has 1 heterocycles. The van der Waals surface area contributed by atoms with Gasteiger partial charge in [-0.3, -0.25) is 4.79 Å².